The predicted molar refractivity (Wildman–Crippen MR) is 53.1 cm³/mol. The summed E-state index contributed by atoms with van der Waals surface area (Å²) < 4.78 is 18.7. The van der Waals surface area contributed by atoms with Gasteiger partial charge in [0.15, 0.2) is 17.3 Å². The van der Waals surface area contributed by atoms with Gasteiger partial charge in [0.25, 0.3) is 0 Å². The monoisotopic (exact) mass is 264 g/mol. The van der Waals surface area contributed by atoms with Crippen LogP contribution in [0.15, 0.2) is 10.5 Å². The number of phenolic OH excluding ortho intramolecular Hbond substituents is 1. The van der Waals surface area contributed by atoms with Crippen molar-refractivity contribution < 1.29 is 19.3 Å². The van der Waals surface area contributed by atoms with Crippen LogP contribution in [-0.2, 0) is 6.42 Å². The Hall–Kier alpha value is -0.810. The van der Waals surface area contributed by atoms with Crippen LogP contribution in [0.5, 0.6) is 11.5 Å². The molecule has 5 heteroatoms. The Morgan fingerprint density at radius 3 is 2.71 bits per heavy atom. The third-order valence-corrected chi connectivity index (χ3v) is 2.54. The molecule has 0 spiro atoms. The van der Waals surface area contributed by atoms with E-state index in [1.807, 2.05) is 0 Å². The SMILES string of the molecule is COc1cc(Br)c(CCO)c(F)c1O. The van der Waals surface area contributed by atoms with Gasteiger partial charge in [0, 0.05) is 16.6 Å². The van der Waals surface area contributed by atoms with Crippen molar-refractivity contribution in [1.82, 2.24) is 0 Å². The number of hydrogen-bond donors (Lipinski definition) is 2. The van der Waals surface area contributed by atoms with Gasteiger partial charge < -0.3 is 14.9 Å². The molecule has 0 aliphatic rings. The molecule has 14 heavy (non-hydrogen) atoms. The van der Waals surface area contributed by atoms with Crippen LogP contribution in [0, 0.1) is 5.82 Å². The van der Waals surface area contributed by atoms with Crippen LogP contribution in [0.3, 0.4) is 0 Å². The number of aliphatic hydroxyl groups is 1. The molecule has 78 valence electrons. The lowest BCUT2D eigenvalue weighted by Crippen LogP contribution is -1.98. The quantitative estimate of drug-likeness (QED) is 0.876. The number of halogens is 2. The fraction of sp³-hybridized carbons (Fsp3) is 0.333. The summed E-state index contributed by atoms with van der Waals surface area (Å²) in [6, 6.07) is 1.46. The van der Waals surface area contributed by atoms with Crippen molar-refractivity contribution in [3.63, 3.8) is 0 Å². The summed E-state index contributed by atoms with van der Waals surface area (Å²) in [5.74, 6) is -1.22. The number of rotatable bonds is 3. The number of ether oxygens (including phenoxy) is 1. The average Bonchev–Trinajstić information content (AvgIpc) is 2.18. The molecular formula is C9H10BrFO3. The lowest BCUT2D eigenvalue weighted by Gasteiger charge is -2.10. The third kappa shape index (κ3) is 1.99. The van der Waals surface area contributed by atoms with Crippen molar-refractivity contribution in [1.29, 1.82) is 0 Å². The number of hydrogen-bond acceptors (Lipinski definition) is 3. The second-order valence-electron chi connectivity index (χ2n) is 2.68. The Labute approximate surface area is 89.3 Å². The summed E-state index contributed by atoms with van der Waals surface area (Å²) in [6.07, 6.45) is 0.143. The molecule has 0 aromatic heterocycles. The van der Waals surface area contributed by atoms with Crippen LogP contribution >= 0.6 is 15.9 Å². The summed E-state index contributed by atoms with van der Waals surface area (Å²) in [5, 5.41) is 18.0. The highest BCUT2D eigenvalue weighted by atomic mass is 79.9. The minimum atomic E-state index is -0.759. The summed E-state index contributed by atoms with van der Waals surface area (Å²) in [4.78, 5) is 0. The number of methoxy groups -OCH3 is 1. The van der Waals surface area contributed by atoms with Gasteiger partial charge in [-0.3, -0.25) is 0 Å². The molecule has 1 aromatic rings. The topological polar surface area (TPSA) is 49.7 Å². The first-order valence-corrected chi connectivity index (χ1v) is 4.75. The standard InChI is InChI=1S/C9H10BrFO3/c1-14-7-4-6(10)5(2-3-12)8(11)9(7)13/h4,12-13H,2-3H2,1H3. The second kappa shape index (κ2) is 4.61. The van der Waals surface area contributed by atoms with Crippen molar-refractivity contribution in [2.75, 3.05) is 13.7 Å². The van der Waals surface area contributed by atoms with Gasteiger partial charge in [0.1, 0.15) is 0 Å². The minimum Gasteiger partial charge on any atom is -0.502 e. The van der Waals surface area contributed by atoms with Crippen molar-refractivity contribution >= 4 is 15.9 Å². The zero-order valence-electron chi connectivity index (χ0n) is 7.55. The zero-order valence-corrected chi connectivity index (χ0v) is 9.14. The highest BCUT2D eigenvalue weighted by Gasteiger charge is 2.16. The Bertz CT molecular complexity index is 341. The van der Waals surface area contributed by atoms with Crippen LogP contribution < -0.4 is 4.74 Å². The van der Waals surface area contributed by atoms with Crippen LogP contribution in [-0.4, -0.2) is 23.9 Å². The highest BCUT2D eigenvalue weighted by Crippen LogP contribution is 2.36. The number of phenols is 1. The molecule has 3 nitrogen and oxygen atoms in total. The van der Waals surface area contributed by atoms with Gasteiger partial charge in [-0.15, -0.1) is 0 Å². The molecule has 0 saturated carbocycles. The van der Waals surface area contributed by atoms with E-state index in [0.717, 1.165) is 0 Å². The first-order chi connectivity index (χ1) is 6.61. The molecule has 1 rings (SSSR count). The molecule has 0 bridgehead atoms. The minimum absolute atomic E-state index is 0.0658. The molecule has 0 unspecified atom stereocenters. The molecule has 0 fully saturated rings. The van der Waals surface area contributed by atoms with E-state index >= 15 is 0 Å². The second-order valence-corrected chi connectivity index (χ2v) is 3.53. The van der Waals surface area contributed by atoms with E-state index in [0.29, 0.717) is 4.47 Å². The van der Waals surface area contributed by atoms with E-state index in [1.54, 1.807) is 0 Å². The van der Waals surface area contributed by atoms with Gasteiger partial charge in [-0.05, 0) is 12.5 Å². The number of benzene rings is 1. The van der Waals surface area contributed by atoms with E-state index < -0.39 is 11.6 Å². The molecular weight excluding hydrogens is 255 g/mol. The average molecular weight is 265 g/mol. The largest absolute Gasteiger partial charge is 0.502 e. The molecule has 2 N–H and O–H groups in total. The Morgan fingerprint density at radius 1 is 1.57 bits per heavy atom. The number of aliphatic hydroxyl groups excluding tert-OH is 1. The summed E-state index contributed by atoms with van der Waals surface area (Å²) in [5.41, 5.74) is 0.241. The Morgan fingerprint density at radius 2 is 2.21 bits per heavy atom. The van der Waals surface area contributed by atoms with E-state index in [9.17, 15) is 9.50 Å². The van der Waals surface area contributed by atoms with E-state index in [4.69, 9.17) is 9.84 Å². The maximum atomic E-state index is 13.4. The van der Waals surface area contributed by atoms with Gasteiger partial charge in [-0.1, -0.05) is 15.9 Å². The third-order valence-electron chi connectivity index (χ3n) is 1.83. The summed E-state index contributed by atoms with van der Waals surface area (Å²) in [7, 11) is 1.34. The first kappa shape index (κ1) is 11.3. The van der Waals surface area contributed by atoms with E-state index in [1.165, 1.54) is 13.2 Å². The van der Waals surface area contributed by atoms with E-state index in [2.05, 4.69) is 15.9 Å². The van der Waals surface area contributed by atoms with Crippen LogP contribution in [0.4, 0.5) is 4.39 Å². The zero-order chi connectivity index (χ0) is 10.7. The Balaban J connectivity index is 3.26. The van der Waals surface area contributed by atoms with Crippen molar-refractivity contribution in [3.05, 3.63) is 21.9 Å². The van der Waals surface area contributed by atoms with E-state index in [-0.39, 0.29) is 24.3 Å². The Kier molecular flexibility index (Phi) is 3.71. The fourth-order valence-electron chi connectivity index (χ4n) is 1.12. The molecule has 0 amide bonds. The molecule has 0 saturated heterocycles. The lowest BCUT2D eigenvalue weighted by molar-refractivity contribution is 0.295. The molecule has 0 heterocycles. The lowest BCUT2D eigenvalue weighted by atomic mass is 10.1. The van der Waals surface area contributed by atoms with Crippen LogP contribution in [0.25, 0.3) is 0 Å². The summed E-state index contributed by atoms with van der Waals surface area (Å²) >= 11 is 3.13. The van der Waals surface area contributed by atoms with Crippen molar-refractivity contribution in [3.8, 4) is 11.5 Å². The highest BCUT2D eigenvalue weighted by molar-refractivity contribution is 9.10. The maximum Gasteiger partial charge on any atom is 0.194 e. The van der Waals surface area contributed by atoms with Crippen LogP contribution in [0.2, 0.25) is 0 Å². The molecule has 0 aliphatic heterocycles. The maximum absolute atomic E-state index is 13.4. The first-order valence-electron chi connectivity index (χ1n) is 3.96. The van der Waals surface area contributed by atoms with Crippen molar-refractivity contribution in [2.45, 2.75) is 6.42 Å². The summed E-state index contributed by atoms with van der Waals surface area (Å²) in [6.45, 7) is -0.179. The van der Waals surface area contributed by atoms with Gasteiger partial charge in [0.2, 0.25) is 0 Å². The van der Waals surface area contributed by atoms with Crippen molar-refractivity contribution in [2.24, 2.45) is 0 Å². The normalized spacial score (nSPS) is 10.3. The number of aromatic hydroxyl groups is 1. The van der Waals surface area contributed by atoms with Gasteiger partial charge in [-0.25, -0.2) is 4.39 Å². The molecule has 0 aliphatic carbocycles. The van der Waals surface area contributed by atoms with Gasteiger partial charge in [-0.2, -0.15) is 0 Å². The van der Waals surface area contributed by atoms with Gasteiger partial charge in [0.05, 0.1) is 7.11 Å². The predicted octanol–water partition coefficient (Wildman–Crippen LogP) is 1.84. The molecule has 0 radical (unpaired) electrons. The smallest absolute Gasteiger partial charge is 0.194 e. The van der Waals surface area contributed by atoms with Crippen LogP contribution in [0.1, 0.15) is 5.56 Å². The fourth-order valence-corrected chi connectivity index (χ4v) is 1.70. The molecule has 0 atom stereocenters. The molecule has 1 aromatic carbocycles. The van der Waals surface area contributed by atoms with Gasteiger partial charge >= 0.3 is 0 Å².